The lowest BCUT2D eigenvalue weighted by Gasteiger charge is -2.67. The largest absolute Gasteiger partial charge is 0.355 e. The smallest absolute Gasteiger partial charge is 0.275 e. The van der Waals surface area contributed by atoms with Crippen molar-refractivity contribution in [2.24, 2.45) is 30.2 Å². The molecule has 4 saturated carbocycles. The lowest BCUT2D eigenvalue weighted by atomic mass is 9.42. The zero-order valence-electron chi connectivity index (χ0n) is 16.8. The van der Waals surface area contributed by atoms with E-state index in [0.717, 1.165) is 25.7 Å². The molecule has 4 aliphatic carbocycles. The first kappa shape index (κ1) is 17.9. The fourth-order valence-corrected chi connectivity index (χ4v) is 6.48. The van der Waals surface area contributed by atoms with Crippen molar-refractivity contribution in [3.8, 4) is 0 Å². The van der Waals surface area contributed by atoms with E-state index in [0.29, 0.717) is 29.6 Å². The Morgan fingerprint density at radius 3 is 2.54 bits per heavy atom. The van der Waals surface area contributed by atoms with Crippen LogP contribution in [0.25, 0.3) is 0 Å². The highest BCUT2D eigenvalue weighted by Crippen LogP contribution is 2.63. The van der Waals surface area contributed by atoms with E-state index in [9.17, 15) is 9.59 Å². The number of aryl methyl sites for hydroxylation is 1. The summed E-state index contributed by atoms with van der Waals surface area (Å²) in [5.41, 5.74) is -0.336. The molecule has 4 bridgehead atoms. The number of β-lactam (4-membered cyclic amide) rings is 1. The zero-order chi connectivity index (χ0) is 20.0. The standard InChI is InChI=1S/C20H28FN5O2/c1-9(2)25(3)18-13(21)15(24-26(18)4)17(27)22-14-11-5-10-6-12(14)8-20(7-11)16(10)23-19(20)28/h9-12,14,16H,5-8H2,1-4H3,(H,22,27)(H,23,28). The molecule has 8 heteroatoms. The monoisotopic (exact) mass is 389 g/mol. The van der Waals surface area contributed by atoms with Crippen molar-refractivity contribution >= 4 is 17.6 Å². The maximum Gasteiger partial charge on any atom is 0.275 e. The van der Waals surface area contributed by atoms with E-state index in [-0.39, 0.29) is 29.1 Å². The van der Waals surface area contributed by atoms with Crippen LogP contribution in [0.5, 0.6) is 0 Å². The third-order valence-corrected chi connectivity index (χ3v) is 7.87. The number of nitrogens with one attached hydrogen (secondary N) is 2. The van der Waals surface area contributed by atoms with Crippen molar-refractivity contribution in [1.82, 2.24) is 20.4 Å². The summed E-state index contributed by atoms with van der Waals surface area (Å²) in [6, 6.07) is 0.439. The second-order valence-electron chi connectivity index (χ2n) is 9.58. The highest BCUT2D eigenvalue weighted by Gasteiger charge is 2.68. The number of aromatic nitrogens is 2. The van der Waals surface area contributed by atoms with Crippen molar-refractivity contribution in [3.63, 3.8) is 0 Å². The van der Waals surface area contributed by atoms with Gasteiger partial charge in [-0.15, -0.1) is 0 Å². The van der Waals surface area contributed by atoms with Crippen LogP contribution in [-0.4, -0.2) is 46.8 Å². The van der Waals surface area contributed by atoms with E-state index in [2.05, 4.69) is 15.7 Å². The van der Waals surface area contributed by atoms with E-state index in [1.165, 1.54) is 4.68 Å². The highest BCUT2D eigenvalue weighted by molar-refractivity contribution is 5.94. The van der Waals surface area contributed by atoms with Crippen molar-refractivity contribution in [3.05, 3.63) is 11.5 Å². The second-order valence-corrected chi connectivity index (χ2v) is 9.58. The van der Waals surface area contributed by atoms with Gasteiger partial charge in [0.05, 0.1) is 5.41 Å². The Hall–Kier alpha value is -2.12. The fourth-order valence-electron chi connectivity index (χ4n) is 6.48. The van der Waals surface area contributed by atoms with Gasteiger partial charge >= 0.3 is 0 Å². The molecular weight excluding hydrogens is 361 g/mol. The molecule has 5 aliphatic rings. The number of rotatable bonds is 4. The summed E-state index contributed by atoms with van der Waals surface area (Å²) in [7, 11) is 3.45. The molecule has 0 radical (unpaired) electrons. The van der Waals surface area contributed by atoms with Crippen molar-refractivity contribution < 1.29 is 14.0 Å². The fraction of sp³-hybridized carbons (Fsp3) is 0.750. The molecule has 152 valence electrons. The summed E-state index contributed by atoms with van der Waals surface area (Å²) in [5, 5.41) is 10.4. The summed E-state index contributed by atoms with van der Waals surface area (Å²) < 4.78 is 16.4. The summed E-state index contributed by atoms with van der Waals surface area (Å²) in [4.78, 5) is 26.9. The van der Waals surface area contributed by atoms with E-state index in [4.69, 9.17) is 0 Å². The number of halogens is 1. The number of carbonyl (C=O) groups excluding carboxylic acids is 2. The maximum absolute atomic E-state index is 15.0. The van der Waals surface area contributed by atoms with Gasteiger partial charge in [0, 0.05) is 32.2 Å². The van der Waals surface area contributed by atoms with Crippen LogP contribution >= 0.6 is 0 Å². The first-order valence-electron chi connectivity index (χ1n) is 10.3. The first-order valence-corrected chi connectivity index (χ1v) is 10.3. The Bertz CT molecular complexity index is 849. The number of anilines is 1. The third-order valence-electron chi connectivity index (χ3n) is 7.87. The van der Waals surface area contributed by atoms with Gasteiger partial charge in [-0.3, -0.25) is 9.59 Å². The predicted octanol–water partition coefficient (Wildman–Crippen LogP) is 1.44. The van der Waals surface area contributed by atoms with Crippen LogP contribution in [0.15, 0.2) is 0 Å². The lowest BCUT2D eigenvalue weighted by Crippen LogP contribution is -2.78. The van der Waals surface area contributed by atoms with Gasteiger partial charge < -0.3 is 15.5 Å². The van der Waals surface area contributed by atoms with Crippen molar-refractivity contribution in [2.75, 3.05) is 11.9 Å². The SMILES string of the molecule is CC(C)N(C)c1c(F)c(C(=O)NC2C3CC4CC2CC2(C3)C(=O)NC42)nn1C. The first-order chi connectivity index (χ1) is 13.2. The molecule has 1 aromatic heterocycles. The van der Waals surface area contributed by atoms with Crippen LogP contribution in [0.2, 0.25) is 0 Å². The number of hydrogen-bond donors (Lipinski definition) is 2. The Morgan fingerprint density at radius 2 is 1.96 bits per heavy atom. The number of carbonyl (C=O) groups is 2. The second kappa shape index (κ2) is 5.70. The van der Waals surface area contributed by atoms with Gasteiger partial charge in [-0.25, -0.2) is 9.07 Å². The Labute approximate surface area is 164 Å². The van der Waals surface area contributed by atoms with Gasteiger partial charge in [0.1, 0.15) is 0 Å². The Morgan fingerprint density at radius 1 is 1.32 bits per heavy atom. The normalized spacial score (nSPS) is 37.5. The molecule has 28 heavy (non-hydrogen) atoms. The number of nitrogens with zero attached hydrogens (tertiary/aromatic N) is 3. The zero-order valence-corrected chi connectivity index (χ0v) is 16.8. The van der Waals surface area contributed by atoms with Gasteiger partial charge in [-0.2, -0.15) is 5.10 Å². The average Bonchev–Trinajstić information content (AvgIpc) is 2.92. The van der Waals surface area contributed by atoms with Gasteiger partial charge in [-0.05, 0) is 57.3 Å². The summed E-state index contributed by atoms with van der Waals surface area (Å²) in [6.45, 7) is 3.92. The molecule has 1 aliphatic heterocycles. The van der Waals surface area contributed by atoms with E-state index < -0.39 is 11.7 Å². The molecular formula is C20H28FN5O2. The van der Waals surface area contributed by atoms with Gasteiger partial charge in [0.25, 0.3) is 5.91 Å². The van der Waals surface area contributed by atoms with E-state index >= 15 is 4.39 Å². The van der Waals surface area contributed by atoms with Crippen LogP contribution in [0, 0.1) is 29.0 Å². The van der Waals surface area contributed by atoms with E-state index in [1.807, 2.05) is 13.8 Å². The Balaban J connectivity index is 1.36. The Kier molecular flexibility index (Phi) is 3.65. The maximum atomic E-state index is 15.0. The molecule has 2 heterocycles. The quantitative estimate of drug-likeness (QED) is 0.764. The van der Waals surface area contributed by atoms with Crippen LogP contribution < -0.4 is 15.5 Å². The van der Waals surface area contributed by atoms with Crippen LogP contribution in [0.4, 0.5) is 10.2 Å². The minimum absolute atomic E-state index is 0.0106. The average molecular weight is 389 g/mol. The molecule has 2 amide bonds. The van der Waals surface area contributed by atoms with Crippen LogP contribution in [-0.2, 0) is 11.8 Å². The van der Waals surface area contributed by atoms with Crippen LogP contribution in [0.3, 0.4) is 0 Å². The lowest BCUT2D eigenvalue weighted by molar-refractivity contribution is -0.181. The minimum Gasteiger partial charge on any atom is -0.355 e. The van der Waals surface area contributed by atoms with Gasteiger partial charge in [0.2, 0.25) is 5.91 Å². The number of hydrogen-bond acceptors (Lipinski definition) is 4. The molecule has 1 spiro atoms. The van der Waals surface area contributed by atoms with E-state index in [1.54, 1.807) is 19.0 Å². The summed E-state index contributed by atoms with van der Waals surface area (Å²) in [5.74, 6) is 0.623. The van der Waals surface area contributed by atoms with Gasteiger partial charge in [-0.1, -0.05) is 0 Å². The van der Waals surface area contributed by atoms with Crippen LogP contribution in [0.1, 0.15) is 50.0 Å². The number of amides is 2. The molecule has 1 saturated heterocycles. The summed E-state index contributed by atoms with van der Waals surface area (Å²) >= 11 is 0. The molecule has 7 nitrogen and oxygen atoms in total. The van der Waals surface area contributed by atoms with Crippen molar-refractivity contribution in [1.29, 1.82) is 0 Å². The topological polar surface area (TPSA) is 79.3 Å². The molecule has 6 rings (SSSR count). The molecule has 0 aromatic carbocycles. The molecule has 3 unspecified atom stereocenters. The third kappa shape index (κ3) is 2.17. The summed E-state index contributed by atoms with van der Waals surface area (Å²) in [6.07, 6.45) is 3.74. The molecule has 1 aromatic rings. The molecule has 5 fully saturated rings. The van der Waals surface area contributed by atoms with Crippen molar-refractivity contribution in [2.45, 2.75) is 57.7 Å². The molecule has 2 N–H and O–H groups in total. The predicted molar refractivity (Wildman–Crippen MR) is 101 cm³/mol. The highest BCUT2D eigenvalue weighted by atomic mass is 19.1. The minimum atomic E-state index is -0.572. The van der Waals surface area contributed by atoms with Gasteiger partial charge in [0.15, 0.2) is 17.3 Å². The molecule has 3 atom stereocenters.